The summed E-state index contributed by atoms with van der Waals surface area (Å²) in [5.74, 6) is 0.905. The van der Waals surface area contributed by atoms with E-state index in [1.807, 2.05) is 0 Å². The molecule has 0 N–H and O–H groups in total. The van der Waals surface area contributed by atoms with Gasteiger partial charge in [0.25, 0.3) is 0 Å². The molecule has 3 aliphatic carbocycles. The summed E-state index contributed by atoms with van der Waals surface area (Å²) in [6.07, 6.45) is 3.14. The third kappa shape index (κ3) is 3.57. The number of hydrogen-bond donors (Lipinski definition) is 0. The highest BCUT2D eigenvalue weighted by Crippen LogP contribution is 2.60. The maximum absolute atomic E-state index is 12.1. The molecule has 4 aliphatic rings. The summed E-state index contributed by atoms with van der Waals surface area (Å²) < 4.78 is 11.7. The molecule has 1 unspecified atom stereocenters. The molecule has 4 fully saturated rings. The van der Waals surface area contributed by atoms with Gasteiger partial charge in [-0.05, 0) is 35.8 Å². The Labute approximate surface area is 179 Å². The number of carbonyl (C=O) groups excluding carboxylic acids is 1. The van der Waals surface area contributed by atoms with Crippen LogP contribution in [-0.2, 0) is 14.3 Å². The highest BCUT2D eigenvalue weighted by atomic mass is 16.5. The van der Waals surface area contributed by atoms with E-state index in [9.17, 15) is 4.79 Å². The van der Waals surface area contributed by atoms with Crippen molar-refractivity contribution in [3.05, 3.63) is 71.8 Å². The monoisotopic (exact) mass is 405 g/mol. The van der Waals surface area contributed by atoms with Crippen LogP contribution in [0.3, 0.4) is 0 Å². The fourth-order valence-corrected chi connectivity index (χ4v) is 6.49. The molecular formula is C26H31NO3. The van der Waals surface area contributed by atoms with Gasteiger partial charge in [-0.15, -0.1) is 0 Å². The molecule has 158 valence electrons. The van der Waals surface area contributed by atoms with Gasteiger partial charge in [-0.1, -0.05) is 60.7 Å². The van der Waals surface area contributed by atoms with Crippen LogP contribution in [0.4, 0.5) is 0 Å². The molecule has 1 aliphatic heterocycles. The number of morpholine rings is 1. The van der Waals surface area contributed by atoms with Gasteiger partial charge in [0.2, 0.25) is 0 Å². The van der Waals surface area contributed by atoms with Gasteiger partial charge in [0, 0.05) is 37.9 Å². The molecule has 1 heterocycles. The molecule has 6 rings (SSSR count). The number of benzene rings is 2. The van der Waals surface area contributed by atoms with E-state index < -0.39 is 0 Å². The van der Waals surface area contributed by atoms with Crippen molar-refractivity contribution in [1.29, 1.82) is 0 Å². The lowest BCUT2D eigenvalue weighted by Crippen LogP contribution is -2.64. The average Bonchev–Trinajstić information content (AvgIpc) is 2.80. The van der Waals surface area contributed by atoms with E-state index in [0.717, 1.165) is 45.6 Å². The standard InChI is InChI=1S/C26H31NO3/c1-19(28)30-24-18-26(27-12-14-29-15-13-27)16-22(20-8-4-2-5-9-20)25(24)23(17-26)21-10-6-3-7-11-21/h2-11,22-25H,12-18H2,1H3/t22-,23-,24?,25?,26?/m0/s1. The minimum Gasteiger partial charge on any atom is -0.462 e. The molecule has 3 saturated carbocycles. The van der Waals surface area contributed by atoms with Crippen molar-refractivity contribution < 1.29 is 14.3 Å². The fourth-order valence-electron chi connectivity index (χ4n) is 6.49. The highest BCUT2D eigenvalue weighted by Gasteiger charge is 2.59. The summed E-state index contributed by atoms with van der Waals surface area (Å²) in [5, 5.41) is 0. The lowest BCUT2D eigenvalue weighted by Gasteiger charge is -2.61. The Morgan fingerprint density at radius 2 is 1.43 bits per heavy atom. The van der Waals surface area contributed by atoms with Gasteiger partial charge in [-0.3, -0.25) is 9.69 Å². The average molecular weight is 406 g/mol. The number of carbonyl (C=O) groups is 1. The van der Waals surface area contributed by atoms with E-state index in [1.165, 1.54) is 11.1 Å². The van der Waals surface area contributed by atoms with Crippen LogP contribution in [0.15, 0.2) is 60.7 Å². The number of nitrogens with zero attached hydrogens (tertiary/aromatic N) is 1. The lowest BCUT2D eigenvalue weighted by atomic mass is 9.51. The van der Waals surface area contributed by atoms with Crippen LogP contribution in [-0.4, -0.2) is 48.8 Å². The van der Waals surface area contributed by atoms with Crippen molar-refractivity contribution in [2.45, 2.75) is 49.7 Å². The molecule has 2 bridgehead atoms. The van der Waals surface area contributed by atoms with E-state index >= 15 is 0 Å². The van der Waals surface area contributed by atoms with Crippen LogP contribution >= 0.6 is 0 Å². The number of ether oxygens (including phenoxy) is 2. The fraction of sp³-hybridized carbons (Fsp3) is 0.500. The first kappa shape index (κ1) is 19.8. The smallest absolute Gasteiger partial charge is 0.302 e. The van der Waals surface area contributed by atoms with Crippen LogP contribution in [0.2, 0.25) is 0 Å². The van der Waals surface area contributed by atoms with Crippen LogP contribution in [0.25, 0.3) is 0 Å². The minimum atomic E-state index is -0.164. The largest absolute Gasteiger partial charge is 0.462 e. The molecule has 2 aromatic rings. The zero-order valence-electron chi connectivity index (χ0n) is 17.7. The Bertz CT molecular complexity index is 813. The second-order valence-corrected chi connectivity index (χ2v) is 9.20. The van der Waals surface area contributed by atoms with Crippen LogP contribution < -0.4 is 0 Å². The van der Waals surface area contributed by atoms with Gasteiger partial charge in [-0.2, -0.15) is 0 Å². The zero-order valence-corrected chi connectivity index (χ0v) is 17.7. The van der Waals surface area contributed by atoms with E-state index in [1.54, 1.807) is 6.92 Å². The summed E-state index contributed by atoms with van der Waals surface area (Å²) >= 11 is 0. The first-order chi connectivity index (χ1) is 14.7. The third-order valence-corrected chi connectivity index (χ3v) is 7.59. The predicted molar refractivity (Wildman–Crippen MR) is 116 cm³/mol. The second kappa shape index (κ2) is 8.16. The summed E-state index contributed by atoms with van der Waals surface area (Å²) in [7, 11) is 0. The molecule has 0 radical (unpaired) electrons. The third-order valence-electron chi connectivity index (χ3n) is 7.59. The number of rotatable bonds is 4. The van der Waals surface area contributed by atoms with Crippen molar-refractivity contribution in [2.24, 2.45) is 5.92 Å². The van der Waals surface area contributed by atoms with Crippen LogP contribution in [0.1, 0.15) is 49.1 Å². The maximum Gasteiger partial charge on any atom is 0.302 e. The molecule has 2 aromatic carbocycles. The van der Waals surface area contributed by atoms with Gasteiger partial charge in [-0.25, -0.2) is 0 Å². The quantitative estimate of drug-likeness (QED) is 0.708. The van der Waals surface area contributed by atoms with Gasteiger partial charge in [0.1, 0.15) is 6.10 Å². The number of esters is 1. The molecule has 3 atom stereocenters. The van der Waals surface area contributed by atoms with Crippen LogP contribution in [0.5, 0.6) is 0 Å². The molecule has 1 saturated heterocycles. The van der Waals surface area contributed by atoms with Crippen molar-refractivity contribution >= 4 is 5.97 Å². The van der Waals surface area contributed by atoms with Gasteiger partial charge in [0.15, 0.2) is 0 Å². The van der Waals surface area contributed by atoms with E-state index in [-0.39, 0.29) is 17.6 Å². The molecule has 30 heavy (non-hydrogen) atoms. The lowest BCUT2D eigenvalue weighted by molar-refractivity contribution is -0.170. The first-order valence-corrected chi connectivity index (χ1v) is 11.3. The Morgan fingerprint density at radius 1 is 0.900 bits per heavy atom. The summed E-state index contributed by atoms with van der Waals surface area (Å²) in [4.78, 5) is 14.7. The molecule has 4 heteroatoms. The Morgan fingerprint density at radius 3 is 1.93 bits per heavy atom. The zero-order chi connectivity index (χ0) is 20.6. The van der Waals surface area contributed by atoms with Crippen molar-refractivity contribution in [2.75, 3.05) is 26.3 Å². The van der Waals surface area contributed by atoms with Gasteiger partial charge < -0.3 is 9.47 Å². The topological polar surface area (TPSA) is 38.8 Å². The summed E-state index contributed by atoms with van der Waals surface area (Å²) in [6, 6.07) is 21.7. The second-order valence-electron chi connectivity index (χ2n) is 9.20. The Kier molecular flexibility index (Phi) is 5.38. The normalized spacial score (nSPS) is 33.9. The predicted octanol–water partition coefficient (Wildman–Crippen LogP) is 4.37. The Balaban J connectivity index is 1.61. The van der Waals surface area contributed by atoms with E-state index in [2.05, 4.69) is 65.6 Å². The summed E-state index contributed by atoms with van der Waals surface area (Å²) in [6.45, 7) is 5.05. The van der Waals surface area contributed by atoms with Crippen LogP contribution in [0, 0.1) is 5.92 Å². The number of hydrogen-bond acceptors (Lipinski definition) is 4. The maximum atomic E-state index is 12.1. The molecule has 4 nitrogen and oxygen atoms in total. The first-order valence-electron chi connectivity index (χ1n) is 11.3. The molecule has 0 aromatic heterocycles. The number of fused-ring (bicyclic) bond motifs is 3. The van der Waals surface area contributed by atoms with Crippen molar-refractivity contribution in [3.8, 4) is 0 Å². The molecule has 0 spiro atoms. The highest BCUT2D eigenvalue weighted by molar-refractivity contribution is 5.66. The SMILES string of the molecule is CC(=O)OC1CC2(N3CCOCC3)C[C@@H](c3ccccc3)C1[C@H](c1ccccc1)C2. The molecular weight excluding hydrogens is 374 g/mol. The van der Waals surface area contributed by atoms with Crippen molar-refractivity contribution in [3.63, 3.8) is 0 Å². The Hall–Kier alpha value is -2.17. The minimum absolute atomic E-state index is 0.0413. The molecule has 0 amide bonds. The van der Waals surface area contributed by atoms with Gasteiger partial charge >= 0.3 is 5.97 Å². The van der Waals surface area contributed by atoms with E-state index in [4.69, 9.17) is 9.47 Å². The van der Waals surface area contributed by atoms with Crippen molar-refractivity contribution in [1.82, 2.24) is 4.90 Å². The summed E-state index contributed by atoms with van der Waals surface area (Å²) in [5.41, 5.74) is 2.79. The van der Waals surface area contributed by atoms with Gasteiger partial charge in [0.05, 0.1) is 13.2 Å². The van der Waals surface area contributed by atoms with E-state index in [0.29, 0.717) is 17.8 Å².